The van der Waals surface area contributed by atoms with Gasteiger partial charge in [0.05, 0.1) is 6.10 Å². The summed E-state index contributed by atoms with van der Waals surface area (Å²) in [6.07, 6.45) is 7.67. The Labute approximate surface area is 163 Å². The van der Waals surface area contributed by atoms with Gasteiger partial charge in [-0.25, -0.2) is 0 Å². The van der Waals surface area contributed by atoms with Crippen LogP contribution in [0.15, 0.2) is 18.2 Å². The van der Waals surface area contributed by atoms with E-state index in [2.05, 4.69) is 24.8 Å². The molecule has 3 aliphatic carbocycles. The zero-order valence-corrected chi connectivity index (χ0v) is 16.8. The number of carbonyl (C=O) groups excluding carboxylic acids is 1. The van der Waals surface area contributed by atoms with E-state index in [0.29, 0.717) is 17.5 Å². The molecule has 0 aromatic heterocycles. The molecule has 1 amide bonds. The van der Waals surface area contributed by atoms with Gasteiger partial charge in [-0.15, -0.1) is 0 Å². The Hall–Kier alpha value is -1.39. The molecule has 0 saturated heterocycles. The van der Waals surface area contributed by atoms with Gasteiger partial charge >= 0.3 is 0 Å². The summed E-state index contributed by atoms with van der Waals surface area (Å²) in [5.41, 5.74) is 8.65. The number of aliphatic hydroxyl groups excluding tert-OH is 1. The predicted octanol–water partition coefficient (Wildman–Crippen LogP) is 3.25. The molecule has 1 aromatic carbocycles. The van der Waals surface area contributed by atoms with Crippen LogP contribution in [-0.4, -0.2) is 41.1 Å². The molecule has 0 heterocycles. The summed E-state index contributed by atoms with van der Waals surface area (Å²) in [5.74, 6) is 1.03. The molecule has 0 spiro atoms. The monoisotopic (exact) mass is 370 g/mol. The van der Waals surface area contributed by atoms with Gasteiger partial charge in [-0.3, -0.25) is 9.69 Å². The number of likely N-dealkylation sites (N-methyl/N-ethyl adjacent to an activating group) is 1. The van der Waals surface area contributed by atoms with Crippen LogP contribution in [0, 0.1) is 11.8 Å². The second-order valence-corrected chi connectivity index (χ2v) is 9.35. The maximum absolute atomic E-state index is 11.8. The number of hydrogen-bond donors (Lipinski definition) is 2. The maximum atomic E-state index is 11.8. The molecule has 3 aliphatic rings. The molecule has 0 unspecified atom stereocenters. The highest BCUT2D eigenvalue weighted by Crippen LogP contribution is 2.51. The number of aliphatic hydroxyl groups is 1. The van der Waals surface area contributed by atoms with Crippen molar-refractivity contribution in [3.05, 3.63) is 34.9 Å². The number of carbonyl (C=O) groups is 1. The SMILES string of the molecule is CCN(CC1CCC1)[C@@H]1Cc2ccc(C(N)=O)cc2[C@@]2(C)C[C@@H](O)CC[C@@H]12. The van der Waals surface area contributed by atoms with Gasteiger partial charge in [0.25, 0.3) is 0 Å². The molecule has 4 heteroatoms. The van der Waals surface area contributed by atoms with E-state index in [0.717, 1.165) is 38.1 Å². The Balaban J connectivity index is 1.72. The molecule has 2 fully saturated rings. The van der Waals surface area contributed by atoms with E-state index in [-0.39, 0.29) is 17.4 Å². The predicted molar refractivity (Wildman–Crippen MR) is 108 cm³/mol. The van der Waals surface area contributed by atoms with Crippen molar-refractivity contribution in [1.29, 1.82) is 0 Å². The van der Waals surface area contributed by atoms with Crippen LogP contribution in [0.3, 0.4) is 0 Å². The molecule has 0 bridgehead atoms. The standard InChI is InChI=1S/C23H34N2O2/c1-3-25(14-15-5-4-6-15)21-12-16-7-8-17(22(24)27)11-20(16)23(2)13-18(26)9-10-19(21)23/h7-8,11,15,18-19,21,26H,3-6,9-10,12-14H2,1-2H3,(H2,24,27)/t18-,19-,21+,23-/m0/s1. The number of benzene rings is 1. The first-order valence-electron chi connectivity index (χ1n) is 10.8. The molecule has 4 rings (SSSR count). The van der Waals surface area contributed by atoms with Gasteiger partial charge in [-0.05, 0) is 85.6 Å². The van der Waals surface area contributed by atoms with E-state index in [1.165, 1.54) is 36.9 Å². The van der Waals surface area contributed by atoms with Crippen molar-refractivity contribution in [2.24, 2.45) is 17.6 Å². The van der Waals surface area contributed by atoms with Gasteiger partial charge in [-0.1, -0.05) is 26.3 Å². The zero-order valence-electron chi connectivity index (χ0n) is 16.8. The van der Waals surface area contributed by atoms with Crippen LogP contribution in [0.4, 0.5) is 0 Å². The third-order valence-electron chi connectivity index (χ3n) is 7.78. The second-order valence-electron chi connectivity index (χ2n) is 9.35. The Morgan fingerprint density at radius 3 is 2.70 bits per heavy atom. The Morgan fingerprint density at radius 1 is 1.30 bits per heavy atom. The van der Waals surface area contributed by atoms with Gasteiger partial charge in [0.2, 0.25) is 5.91 Å². The average molecular weight is 371 g/mol. The summed E-state index contributed by atoms with van der Waals surface area (Å²) in [6.45, 7) is 6.91. The lowest BCUT2D eigenvalue weighted by Gasteiger charge is -2.54. The lowest BCUT2D eigenvalue weighted by Crippen LogP contribution is -2.57. The van der Waals surface area contributed by atoms with Crippen LogP contribution in [0.2, 0.25) is 0 Å². The Kier molecular flexibility index (Phi) is 5.06. The molecular weight excluding hydrogens is 336 g/mol. The van der Waals surface area contributed by atoms with Gasteiger partial charge in [0, 0.05) is 18.2 Å². The highest BCUT2D eigenvalue weighted by molar-refractivity contribution is 5.93. The minimum absolute atomic E-state index is 0.0889. The summed E-state index contributed by atoms with van der Waals surface area (Å²) in [6, 6.07) is 6.53. The van der Waals surface area contributed by atoms with Crippen molar-refractivity contribution >= 4 is 5.91 Å². The molecule has 4 nitrogen and oxygen atoms in total. The van der Waals surface area contributed by atoms with E-state index in [1.54, 1.807) is 0 Å². The quantitative estimate of drug-likeness (QED) is 0.836. The lowest BCUT2D eigenvalue weighted by molar-refractivity contribution is -0.00607. The minimum atomic E-state index is -0.364. The van der Waals surface area contributed by atoms with Gasteiger partial charge in [0.15, 0.2) is 0 Å². The number of nitrogens with two attached hydrogens (primary N) is 1. The van der Waals surface area contributed by atoms with E-state index in [9.17, 15) is 9.90 Å². The topological polar surface area (TPSA) is 66.6 Å². The maximum Gasteiger partial charge on any atom is 0.248 e. The van der Waals surface area contributed by atoms with E-state index >= 15 is 0 Å². The number of primary amides is 1. The molecule has 3 N–H and O–H groups in total. The number of nitrogens with zero attached hydrogens (tertiary/aromatic N) is 1. The zero-order chi connectivity index (χ0) is 19.2. The number of hydrogen-bond acceptors (Lipinski definition) is 3. The van der Waals surface area contributed by atoms with E-state index in [1.807, 2.05) is 12.1 Å². The third kappa shape index (κ3) is 3.31. The molecule has 2 saturated carbocycles. The van der Waals surface area contributed by atoms with Crippen molar-refractivity contribution < 1.29 is 9.90 Å². The smallest absolute Gasteiger partial charge is 0.248 e. The van der Waals surface area contributed by atoms with Crippen LogP contribution in [0.25, 0.3) is 0 Å². The Bertz CT molecular complexity index is 714. The Morgan fingerprint density at radius 2 is 2.07 bits per heavy atom. The summed E-state index contributed by atoms with van der Waals surface area (Å²) in [5, 5.41) is 10.5. The molecule has 148 valence electrons. The van der Waals surface area contributed by atoms with Gasteiger partial charge in [-0.2, -0.15) is 0 Å². The molecule has 0 aliphatic heterocycles. The molecule has 4 atom stereocenters. The van der Waals surface area contributed by atoms with E-state index in [4.69, 9.17) is 5.73 Å². The van der Waals surface area contributed by atoms with Gasteiger partial charge in [0.1, 0.15) is 0 Å². The van der Waals surface area contributed by atoms with E-state index < -0.39 is 0 Å². The first-order valence-corrected chi connectivity index (χ1v) is 10.8. The fourth-order valence-corrected chi connectivity index (χ4v) is 6.06. The average Bonchev–Trinajstić information content (AvgIpc) is 2.59. The van der Waals surface area contributed by atoms with Gasteiger partial charge < -0.3 is 10.8 Å². The largest absolute Gasteiger partial charge is 0.393 e. The van der Waals surface area contributed by atoms with Crippen LogP contribution in [0.5, 0.6) is 0 Å². The first-order chi connectivity index (χ1) is 12.9. The normalized spacial score (nSPS) is 33.3. The first kappa shape index (κ1) is 18.9. The van der Waals surface area contributed by atoms with Crippen molar-refractivity contribution in [2.75, 3.05) is 13.1 Å². The van der Waals surface area contributed by atoms with Crippen molar-refractivity contribution in [2.45, 2.75) is 76.4 Å². The fraction of sp³-hybridized carbons (Fsp3) is 0.696. The van der Waals surface area contributed by atoms with Crippen molar-refractivity contribution in [3.8, 4) is 0 Å². The molecule has 27 heavy (non-hydrogen) atoms. The highest BCUT2D eigenvalue weighted by Gasteiger charge is 2.50. The highest BCUT2D eigenvalue weighted by atomic mass is 16.3. The fourth-order valence-electron chi connectivity index (χ4n) is 6.06. The third-order valence-corrected chi connectivity index (χ3v) is 7.78. The molecular formula is C23H34N2O2. The lowest BCUT2D eigenvalue weighted by atomic mass is 9.55. The van der Waals surface area contributed by atoms with Crippen LogP contribution in [0.1, 0.15) is 73.9 Å². The number of fused-ring (bicyclic) bond motifs is 3. The minimum Gasteiger partial charge on any atom is -0.393 e. The second kappa shape index (κ2) is 7.21. The van der Waals surface area contributed by atoms with Crippen LogP contribution in [-0.2, 0) is 11.8 Å². The number of amides is 1. The molecule has 1 aromatic rings. The van der Waals surface area contributed by atoms with Crippen molar-refractivity contribution in [3.63, 3.8) is 0 Å². The summed E-state index contributed by atoms with van der Waals surface area (Å²) in [7, 11) is 0. The van der Waals surface area contributed by atoms with Crippen molar-refractivity contribution in [1.82, 2.24) is 4.90 Å². The summed E-state index contributed by atoms with van der Waals surface area (Å²) >= 11 is 0. The summed E-state index contributed by atoms with van der Waals surface area (Å²) in [4.78, 5) is 14.5. The summed E-state index contributed by atoms with van der Waals surface area (Å²) < 4.78 is 0. The van der Waals surface area contributed by atoms with Crippen LogP contribution < -0.4 is 5.73 Å². The number of rotatable bonds is 5. The molecule has 0 radical (unpaired) electrons. The van der Waals surface area contributed by atoms with Crippen LogP contribution >= 0.6 is 0 Å².